The minimum atomic E-state index is 0.000278. The number of hydrogen-bond acceptors (Lipinski definition) is 5. The maximum Gasteiger partial charge on any atom is 0.228 e. The minimum Gasteiger partial charge on any atom is -0.381 e. The summed E-state index contributed by atoms with van der Waals surface area (Å²) in [7, 11) is 4.01. The molecule has 0 bridgehead atoms. The van der Waals surface area contributed by atoms with Gasteiger partial charge in [-0.15, -0.1) is 0 Å². The van der Waals surface area contributed by atoms with Gasteiger partial charge in [0, 0.05) is 38.4 Å². The van der Waals surface area contributed by atoms with Crippen LogP contribution in [0.5, 0.6) is 0 Å². The van der Waals surface area contributed by atoms with E-state index in [1.165, 1.54) is 0 Å². The third-order valence-electron chi connectivity index (χ3n) is 5.09. The SMILES string of the molecule is CN(C)c1nc(-c2ccccc2)nc2c1CCN(C(=O)C1CCOC1)C2. The lowest BCUT2D eigenvalue weighted by molar-refractivity contribution is -0.136. The van der Waals surface area contributed by atoms with Crippen LogP contribution in [-0.4, -0.2) is 54.6 Å². The predicted octanol–water partition coefficient (Wildman–Crippen LogP) is 2.13. The first kappa shape index (κ1) is 17.0. The van der Waals surface area contributed by atoms with Gasteiger partial charge in [-0.25, -0.2) is 9.97 Å². The maximum atomic E-state index is 12.8. The van der Waals surface area contributed by atoms with Gasteiger partial charge in [0.15, 0.2) is 5.82 Å². The molecule has 6 nitrogen and oxygen atoms in total. The molecule has 2 aromatic rings. The number of anilines is 1. The van der Waals surface area contributed by atoms with Crippen LogP contribution in [0.2, 0.25) is 0 Å². The van der Waals surface area contributed by atoms with Crippen molar-refractivity contribution in [3.8, 4) is 11.4 Å². The molecule has 0 spiro atoms. The maximum absolute atomic E-state index is 12.8. The van der Waals surface area contributed by atoms with Crippen molar-refractivity contribution in [1.29, 1.82) is 0 Å². The van der Waals surface area contributed by atoms with Gasteiger partial charge in [-0.3, -0.25) is 4.79 Å². The molecule has 0 saturated carbocycles. The number of benzene rings is 1. The summed E-state index contributed by atoms with van der Waals surface area (Å²) < 4.78 is 5.39. The van der Waals surface area contributed by atoms with Gasteiger partial charge < -0.3 is 14.5 Å². The summed E-state index contributed by atoms with van der Waals surface area (Å²) in [4.78, 5) is 26.4. The van der Waals surface area contributed by atoms with Crippen LogP contribution in [0, 0.1) is 5.92 Å². The molecule has 0 radical (unpaired) electrons. The highest BCUT2D eigenvalue weighted by Crippen LogP contribution is 2.29. The highest BCUT2D eigenvalue weighted by atomic mass is 16.5. The number of fused-ring (bicyclic) bond motifs is 1. The van der Waals surface area contributed by atoms with Gasteiger partial charge >= 0.3 is 0 Å². The van der Waals surface area contributed by atoms with Crippen LogP contribution in [0.25, 0.3) is 11.4 Å². The van der Waals surface area contributed by atoms with Crippen molar-refractivity contribution in [2.45, 2.75) is 19.4 Å². The molecule has 0 aliphatic carbocycles. The van der Waals surface area contributed by atoms with Gasteiger partial charge in [0.25, 0.3) is 0 Å². The van der Waals surface area contributed by atoms with Crippen LogP contribution in [0.4, 0.5) is 5.82 Å². The van der Waals surface area contributed by atoms with Crippen molar-refractivity contribution in [3.63, 3.8) is 0 Å². The second kappa shape index (κ2) is 7.03. The number of hydrogen-bond donors (Lipinski definition) is 0. The zero-order valence-corrected chi connectivity index (χ0v) is 15.3. The smallest absolute Gasteiger partial charge is 0.228 e. The van der Waals surface area contributed by atoms with E-state index in [1.807, 2.05) is 54.2 Å². The van der Waals surface area contributed by atoms with Crippen molar-refractivity contribution < 1.29 is 9.53 Å². The van der Waals surface area contributed by atoms with Crippen molar-refractivity contribution in [2.24, 2.45) is 5.92 Å². The molecule has 1 aromatic heterocycles. The Balaban J connectivity index is 1.68. The number of amides is 1. The molecular weight excluding hydrogens is 328 g/mol. The van der Waals surface area contributed by atoms with E-state index in [0.29, 0.717) is 25.6 Å². The molecular formula is C20H24N4O2. The van der Waals surface area contributed by atoms with Gasteiger partial charge in [-0.2, -0.15) is 0 Å². The second-order valence-electron chi connectivity index (χ2n) is 7.13. The fourth-order valence-electron chi connectivity index (χ4n) is 3.67. The van der Waals surface area contributed by atoms with Gasteiger partial charge in [-0.05, 0) is 12.8 Å². The fourth-order valence-corrected chi connectivity index (χ4v) is 3.67. The van der Waals surface area contributed by atoms with E-state index >= 15 is 0 Å². The Morgan fingerprint density at radius 1 is 1.23 bits per heavy atom. The first-order valence-electron chi connectivity index (χ1n) is 9.12. The Hall–Kier alpha value is -2.47. The van der Waals surface area contributed by atoms with Crippen molar-refractivity contribution in [3.05, 3.63) is 41.6 Å². The van der Waals surface area contributed by atoms with E-state index in [-0.39, 0.29) is 11.8 Å². The molecule has 1 atom stereocenters. The van der Waals surface area contributed by atoms with Crippen LogP contribution in [0.3, 0.4) is 0 Å². The summed E-state index contributed by atoms with van der Waals surface area (Å²) in [6.07, 6.45) is 1.61. The summed E-state index contributed by atoms with van der Waals surface area (Å²) in [5.74, 6) is 1.86. The molecule has 26 heavy (non-hydrogen) atoms. The zero-order valence-electron chi connectivity index (χ0n) is 15.3. The average Bonchev–Trinajstić information content (AvgIpc) is 3.21. The number of aromatic nitrogens is 2. The number of carbonyl (C=O) groups excluding carboxylic acids is 1. The summed E-state index contributed by atoms with van der Waals surface area (Å²) in [6, 6.07) is 10.00. The van der Waals surface area contributed by atoms with Crippen LogP contribution in [0.15, 0.2) is 30.3 Å². The van der Waals surface area contributed by atoms with Crippen molar-refractivity contribution in [1.82, 2.24) is 14.9 Å². The molecule has 1 aromatic carbocycles. The topological polar surface area (TPSA) is 58.6 Å². The van der Waals surface area contributed by atoms with Gasteiger partial charge in [0.1, 0.15) is 5.82 Å². The molecule has 4 rings (SSSR count). The fraction of sp³-hybridized carbons (Fsp3) is 0.450. The minimum absolute atomic E-state index is 0.000278. The summed E-state index contributed by atoms with van der Waals surface area (Å²) in [5.41, 5.74) is 3.11. The standard InChI is InChI=1S/C20H24N4O2/c1-23(2)19-16-8-10-24(20(25)15-9-11-26-13-15)12-17(16)21-18(22-19)14-6-4-3-5-7-14/h3-7,15H,8-13H2,1-2H3. The largest absolute Gasteiger partial charge is 0.381 e. The number of ether oxygens (including phenoxy) is 1. The number of carbonyl (C=O) groups is 1. The number of nitrogens with zero attached hydrogens (tertiary/aromatic N) is 4. The van der Waals surface area contributed by atoms with Crippen LogP contribution in [0.1, 0.15) is 17.7 Å². The Morgan fingerprint density at radius 3 is 2.73 bits per heavy atom. The van der Waals surface area contributed by atoms with Crippen LogP contribution in [-0.2, 0) is 22.5 Å². The normalized spacial score (nSPS) is 19.3. The number of rotatable bonds is 3. The summed E-state index contributed by atoms with van der Waals surface area (Å²) in [6.45, 7) is 2.50. The van der Waals surface area contributed by atoms with Crippen LogP contribution >= 0.6 is 0 Å². The molecule has 6 heteroatoms. The molecule has 2 aliphatic heterocycles. The van der Waals surface area contributed by atoms with E-state index in [4.69, 9.17) is 14.7 Å². The Bertz CT molecular complexity index is 801. The molecule has 1 unspecified atom stereocenters. The monoisotopic (exact) mass is 352 g/mol. The molecule has 136 valence electrons. The van der Waals surface area contributed by atoms with Crippen molar-refractivity contribution in [2.75, 3.05) is 38.8 Å². The highest BCUT2D eigenvalue weighted by molar-refractivity contribution is 5.79. The van der Waals surface area contributed by atoms with Crippen LogP contribution < -0.4 is 4.90 Å². The molecule has 0 N–H and O–H groups in total. The third-order valence-corrected chi connectivity index (χ3v) is 5.09. The van der Waals surface area contributed by atoms with E-state index in [0.717, 1.165) is 42.0 Å². The summed E-state index contributed by atoms with van der Waals surface area (Å²) in [5, 5.41) is 0. The van der Waals surface area contributed by atoms with E-state index in [1.54, 1.807) is 0 Å². The highest BCUT2D eigenvalue weighted by Gasteiger charge is 2.32. The average molecular weight is 352 g/mol. The lowest BCUT2D eigenvalue weighted by Crippen LogP contribution is -2.41. The predicted molar refractivity (Wildman–Crippen MR) is 99.8 cm³/mol. The Labute approximate surface area is 153 Å². The molecule has 2 aliphatic rings. The third kappa shape index (κ3) is 3.17. The Kier molecular flexibility index (Phi) is 4.59. The lowest BCUT2D eigenvalue weighted by Gasteiger charge is -2.32. The van der Waals surface area contributed by atoms with Gasteiger partial charge in [0.05, 0.1) is 24.8 Å². The molecule has 3 heterocycles. The van der Waals surface area contributed by atoms with E-state index in [2.05, 4.69) is 0 Å². The first-order valence-corrected chi connectivity index (χ1v) is 9.12. The lowest BCUT2D eigenvalue weighted by atomic mass is 10.0. The van der Waals surface area contributed by atoms with Gasteiger partial charge in [0.2, 0.25) is 5.91 Å². The second-order valence-corrected chi connectivity index (χ2v) is 7.13. The quantitative estimate of drug-likeness (QED) is 0.847. The molecule has 1 fully saturated rings. The Morgan fingerprint density at radius 2 is 2.04 bits per heavy atom. The van der Waals surface area contributed by atoms with Crippen molar-refractivity contribution >= 4 is 11.7 Å². The summed E-state index contributed by atoms with van der Waals surface area (Å²) >= 11 is 0. The zero-order chi connectivity index (χ0) is 18.1. The first-order chi connectivity index (χ1) is 12.6. The van der Waals surface area contributed by atoms with E-state index in [9.17, 15) is 4.79 Å². The van der Waals surface area contributed by atoms with E-state index < -0.39 is 0 Å². The molecule has 1 amide bonds. The molecule has 1 saturated heterocycles. The van der Waals surface area contributed by atoms with Gasteiger partial charge in [-0.1, -0.05) is 30.3 Å².